The minimum absolute atomic E-state index is 0.230. The van der Waals surface area contributed by atoms with Crippen LogP contribution in [0.15, 0.2) is 58.2 Å². The average molecular weight is 357 g/mol. The molecule has 0 aliphatic carbocycles. The van der Waals surface area contributed by atoms with Gasteiger partial charge in [-0.1, -0.05) is 29.5 Å². The van der Waals surface area contributed by atoms with E-state index < -0.39 is 5.25 Å². The number of carbonyl (C=O) groups is 1. The first-order chi connectivity index (χ1) is 12.0. The Morgan fingerprint density at radius 3 is 2.48 bits per heavy atom. The number of thioether (sulfide) groups is 1. The number of aryl methyl sites for hydroxylation is 1. The van der Waals surface area contributed by atoms with Crippen LogP contribution in [0.5, 0.6) is 0 Å². The summed E-state index contributed by atoms with van der Waals surface area (Å²) in [7, 11) is 0. The molecule has 25 heavy (non-hydrogen) atoms. The minimum Gasteiger partial charge on any atom is -0.411 e. The van der Waals surface area contributed by atoms with Crippen LogP contribution < -0.4 is 5.32 Å². The highest BCUT2D eigenvalue weighted by Gasteiger charge is 2.19. The molecule has 1 amide bonds. The highest BCUT2D eigenvalue weighted by atomic mass is 32.2. The second-order valence-corrected chi connectivity index (χ2v) is 6.79. The monoisotopic (exact) mass is 357 g/mol. The van der Waals surface area contributed by atoms with Crippen LogP contribution in [0.25, 0.3) is 11.5 Å². The molecule has 1 atom stereocenters. The summed E-state index contributed by atoms with van der Waals surface area (Å²) in [6, 6.07) is 13.3. The van der Waals surface area contributed by atoms with Crippen LogP contribution in [-0.4, -0.2) is 21.4 Å². The molecule has 0 radical (unpaired) electrons. The quantitative estimate of drug-likeness (QED) is 0.690. The SMILES string of the molecule is Cc1ccc(-c2nnc(S[C@@H](C)C(=O)Nc3ccc(F)cc3)o2)cc1. The maximum atomic E-state index is 12.9. The smallest absolute Gasteiger partial charge is 0.277 e. The van der Waals surface area contributed by atoms with Crippen molar-refractivity contribution in [3.63, 3.8) is 0 Å². The van der Waals surface area contributed by atoms with Crippen molar-refractivity contribution in [1.29, 1.82) is 0 Å². The molecule has 0 fully saturated rings. The lowest BCUT2D eigenvalue weighted by Gasteiger charge is -2.09. The van der Waals surface area contributed by atoms with Crippen molar-refractivity contribution in [3.8, 4) is 11.5 Å². The summed E-state index contributed by atoms with van der Waals surface area (Å²) < 4.78 is 18.5. The summed E-state index contributed by atoms with van der Waals surface area (Å²) in [5.74, 6) is -0.171. The van der Waals surface area contributed by atoms with Crippen molar-refractivity contribution in [3.05, 3.63) is 59.9 Å². The van der Waals surface area contributed by atoms with Crippen LogP contribution in [0.4, 0.5) is 10.1 Å². The second kappa shape index (κ2) is 7.48. The van der Waals surface area contributed by atoms with Gasteiger partial charge in [0, 0.05) is 11.3 Å². The predicted octanol–water partition coefficient (Wildman–Crippen LogP) is 4.30. The average Bonchev–Trinajstić information content (AvgIpc) is 3.06. The summed E-state index contributed by atoms with van der Waals surface area (Å²) in [4.78, 5) is 12.2. The van der Waals surface area contributed by atoms with Gasteiger partial charge < -0.3 is 9.73 Å². The molecule has 1 N–H and O–H groups in total. The Labute approximate surface area is 148 Å². The first-order valence-corrected chi connectivity index (χ1v) is 8.53. The minimum atomic E-state index is -0.448. The van der Waals surface area contributed by atoms with Crippen molar-refractivity contribution >= 4 is 23.4 Å². The van der Waals surface area contributed by atoms with Crippen LogP contribution in [0.1, 0.15) is 12.5 Å². The molecule has 7 heteroatoms. The van der Waals surface area contributed by atoms with Crippen molar-refractivity contribution in [2.75, 3.05) is 5.32 Å². The zero-order chi connectivity index (χ0) is 17.8. The van der Waals surface area contributed by atoms with Crippen LogP contribution >= 0.6 is 11.8 Å². The summed E-state index contributed by atoms with van der Waals surface area (Å²) in [6.07, 6.45) is 0. The van der Waals surface area contributed by atoms with Crippen LogP contribution in [0.2, 0.25) is 0 Å². The summed E-state index contributed by atoms with van der Waals surface area (Å²) in [6.45, 7) is 3.74. The molecule has 0 aliphatic rings. The Bertz CT molecular complexity index is 863. The molecule has 0 saturated carbocycles. The molecule has 3 aromatic rings. The highest BCUT2D eigenvalue weighted by Crippen LogP contribution is 2.27. The number of hydrogen-bond donors (Lipinski definition) is 1. The number of aromatic nitrogens is 2. The molecule has 128 valence electrons. The fraction of sp³-hybridized carbons (Fsp3) is 0.167. The standard InChI is InChI=1S/C18H16FN3O2S/c1-11-3-5-13(6-4-11)17-21-22-18(24-17)25-12(2)16(23)20-15-9-7-14(19)8-10-15/h3-10,12H,1-2H3,(H,20,23)/t12-/m0/s1. The molecule has 2 aromatic carbocycles. The van der Waals surface area contributed by atoms with Gasteiger partial charge in [-0.3, -0.25) is 4.79 Å². The molecule has 1 heterocycles. The first-order valence-electron chi connectivity index (χ1n) is 7.65. The first kappa shape index (κ1) is 17.2. The van der Waals surface area contributed by atoms with Gasteiger partial charge in [-0.05, 0) is 50.2 Å². The van der Waals surface area contributed by atoms with E-state index in [4.69, 9.17) is 4.42 Å². The van der Waals surface area contributed by atoms with E-state index in [1.54, 1.807) is 6.92 Å². The van der Waals surface area contributed by atoms with E-state index in [9.17, 15) is 9.18 Å². The number of nitrogens with one attached hydrogen (secondary N) is 1. The number of nitrogens with zero attached hydrogens (tertiary/aromatic N) is 2. The Kier molecular flexibility index (Phi) is 5.14. The molecule has 0 unspecified atom stereocenters. The normalized spacial score (nSPS) is 12.0. The molecule has 5 nitrogen and oxygen atoms in total. The Hall–Kier alpha value is -2.67. The van der Waals surface area contributed by atoms with Crippen LogP contribution in [0.3, 0.4) is 0 Å². The lowest BCUT2D eigenvalue weighted by Crippen LogP contribution is -2.22. The number of hydrogen-bond acceptors (Lipinski definition) is 5. The van der Waals surface area contributed by atoms with Gasteiger partial charge in [-0.2, -0.15) is 0 Å². The molecule has 3 rings (SSSR count). The molecule has 1 aromatic heterocycles. The largest absolute Gasteiger partial charge is 0.411 e. The number of benzene rings is 2. The van der Waals surface area contributed by atoms with Gasteiger partial charge >= 0.3 is 0 Å². The van der Waals surface area contributed by atoms with E-state index in [0.29, 0.717) is 16.8 Å². The Morgan fingerprint density at radius 2 is 1.80 bits per heavy atom. The number of rotatable bonds is 5. The van der Waals surface area contributed by atoms with E-state index in [1.807, 2.05) is 31.2 Å². The Balaban J connectivity index is 1.62. The topological polar surface area (TPSA) is 68.0 Å². The lowest BCUT2D eigenvalue weighted by molar-refractivity contribution is -0.115. The molecule has 0 bridgehead atoms. The fourth-order valence-corrected chi connectivity index (χ4v) is 2.74. The lowest BCUT2D eigenvalue weighted by atomic mass is 10.1. The van der Waals surface area contributed by atoms with Crippen molar-refractivity contribution in [2.45, 2.75) is 24.3 Å². The molecular weight excluding hydrogens is 341 g/mol. The van der Waals surface area contributed by atoms with E-state index in [-0.39, 0.29) is 11.7 Å². The van der Waals surface area contributed by atoms with E-state index in [1.165, 1.54) is 36.0 Å². The van der Waals surface area contributed by atoms with Crippen molar-refractivity contribution < 1.29 is 13.6 Å². The number of carbonyl (C=O) groups excluding carboxylic acids is 1. The van der Waals surface area contributed by atoms with Gasteiger partial charge in [0.2, 0.25) is 11.8 Å². The van der Waals surface area contributed by atoms with Crippen LogP contribution in [0, 0.1) is 12.7 Å². The van der Waals surface area contributed by atoms with Gasteiger partial charge in [0.25, 0.3) is 5.22 Å². The van der Waals surface area contributed by atoms with Gasteiger partial charge in [-0.15, -0.1) is 10.2 Å². The van der Waals surface area contributed by atoms with E-state index in [0.717, 1.165) is 11.1 Å². The third kappa shape index (κ3) is 4.45. The number of amides is 1. The predicted molar refractivity (Wildman–Crippen MR) is 94.8 cm³/mol. The van der Waals surface area contributed by atoms with Gasteiger partial charge in [-0.25, -0.2) is 4.39 Å². The maximum absolute atomic E-state index is 12.9. The van der Waals surface area contributed by atoms with Crippen LogP contribution in [-0.2, 0) is 4.79 Å². The van der Waals surface area contributed by atoms with E-state index in [2.05, 4.69) is 15.5 Å². The maximum Gasteiger partial charge on any atom is 0.277 e. The number of halogens is 1. The molecule has 0 saturated heterocycles. The summed E-state index contributed by atoms with van der Waals surface area (Å²) in [5, 5.41) is 10.6. The fourth-order valence-electron chi connectivity index (χ4n) is 2.05. The number of anilines is 1. The Morgan fingerprint density at radius 1 is 1.12 bits per heavy atom. The van der Waals surface area contributed by atoms with Gasteiger partial charge in [0.15, 0.2) is 0 Å². The molecule has 0 spiro atoms. The summed E-state index contributed by atoms with van der Waals surface area (Å²) in [5.41, 5.74) is 2.50. The highest BCUT2D eigenvalue weighted by molar-refractivity contribution is 8.00. The van der Waals surface area contributed by atoms with Gasteiger partial charge in [0.1, 0.15) is 5.82 Å². The third-order valence-corrected chi connectivity index (χ3v) is 4.40. The van der Waals surface area contributed by atoms with Crippen molar-refractivity contribution in [1.82, 2.24) is 10.2 Å². The summed E-state index contributed by atoms with van der Waals surface area (Å²) >= 11 is 1.17. The van der Waals surface area contributed by atoms with E-state index >= 15 is 0 Å². The third-order valence-electron chi connectivity index (χ3n) is 3.46. The zero-order valence-corrected chi connectivity index (χ0v) is 14.5. The second-order valence-electron chi connectivity index (χ2n) is 5.50. The molecular formula is C18H16FN3O2S. The molecule has 0 aliphatic heterocycles. The zero-order valence-electron chi connectivity index (χ0n) is 13.7. The van der Waals surface area contributed by atoms with Gasteiger partial charge in [0.05, 0.1) is 5.25 Å². The van der Waals surface area contributed by atoms with Crippen molar-refractivity contribution in [2.24, 2.45) is 0 Å².